The molecule has 42 heavy (non-hydrogen) atoms. The van der Waals surface area contributed by atoms with E-state index >= 15 is 0 Å². The predicted molar refractivity (Wildman–Crippen MR) is 180 cm³/mol. The summed E-state index contributed by atoms with van der Waals surface area (Å²) < 4.78 is 6.74. The van der Waals surface area contributed by atoms with E-state index in [2.05, 4.69) is 48.5 Å². The molecule has 4 saturated carbocycles. The first-order chi connectivity index (χ1) is 19.9. The van der Waals surface area contributed by atoms with Gasteiger partial charge in [0.2, 0.25) is 0 Å². The van der Waals surface area contributed by atoms with Crippen molar-refractivity contribution in [2.75, 3.05) is 18.1 Å². The lowest BCUT2D eigenvalue weighted by Crippen LogP contribution is -2.59. The summed E-state index contributed by atoms with van der Waals surface area (Å²) in [7, 11) is 0. The van der Waals surface area contributed by atoms with Crippen LogP contribution in [0.15, 0.2) is 18.2 Å². The fourth-order valence-electron chi connectivity index (χ4n) is 11.9. The number of fused-ring (bicyclic) bond motifs is 5. The van der Waals surface area contributed by atoms with Gasteiger partial charge in [-0.3, -0.25) is 0 Å². The molecule has 4 aliphatic rings. The lowest BCUT2D eigenvalue weighted by Gasteiger charge is -2.65. The topological polar surface area (TPSA) is 61.3 Å². The summed E-state index contributed by atoms with van der Waals surface area (Å²) in [6, 6.07) is 5.87. The van der Waals surface area contributed by atoms with Gasteiger partial charge >= 0.3 is 0 Å². The lowest BCUT2D eigenvalue weighted by atomic mass is 9.41. The van der Waals surface area contributed by atoms with Gasteiger partial charge in [-0.1, -0.05) is 73.8 Å². The fourth-order valence-corrected chi connectivity index (χ4v) is 11.9. The molecule has 0 aliphatic heterocycles. The van der Waals surface area contributed by atoms with Crippen molar-refractivity contribution in [3.05, 3.63) is 23.8 Å². The Balaban J connectivity index is 1.17. The number of unbranched alkanes of at least 4 members (excludes halogenated alkanes) is 1. The molecule has 0 radical (unpaired) electrons. The third-order valence-electron chi connectivity index (χ3n) is 14.1. The second-order valence-electron chi connectivity index (χ2n) is 17.1. The maximum Gasteiger partial charge on any atom is 0.0629 e. The zero-order valence-corrected chi connectivity index (χ0v) is 28.5. The minimum absolute atomic E-state index is 0.246. The van der Waals surface area contributed by atoms with E-state index in [-0.39, 0.29) is 5.41 Å². The minimum atomic E-state index is 0.246. The Hall–Kier alpha value is -1.22. The summed E-state index contributed by atoms with van der Waals surface area (Å²) in [5.41, 5.74) is 16.4. The van der Waals surface area contributed by atoms with Crippen molar-refractivity contribution in [3.8, 4) is 0 Å². The Bertz CT molecular complexity index is 1030. The molecule has 0 aromatic heterocycles. The number of anilines is 2. The van der Waals surface area contributed by atoms with Crippen LogP contribution in [-0.2, 0) is 11.2 Å². The molecular weight excluding hydrogens is 512 g/mol. The average Bonchev–Trinajstić information content (AvgIpc) is 3.28. The third-order valence-corrected chi connectivity index (χ3v) is 14.1. The molecule has 0 bridgehead atoms. The molecule has 3 heteroatoms. The van der Waals surface area contributed by atoms with E-state index in [1.807, 2.05) is 18.2 Å². The molecule has 4 N–H and O–H groups in total. The number of rotatable bonds is 11. The molecule has 0 spiro atoms. The summed E-state index contributed by atoms with van der Waals surface area (Å²) in [4.78, 5) is 0. The molecule has 1 aromatic rings. The summed E-state index contributed by atoms with van der Waals surface area (Å²) in [5, 5.41) is 0. The van der Waals surface area contributed by atoms with Crippen molar-refractivity contribution < 1.29 is 4.74 Å². The maximum absolute atomic E-state index is 6.74. The summed E-state index contributed by atoms with van der Waals surface area (Å²) in [5.74, 6) is 6.34. The summed E-state index contributed by atoms with van der Waals surface area (Å²) in [6.45, 7) is 18.8. The van der Waals surface area contributed by atoms with Gasteiger partial charge < -0.3 is 16.2 Å². The van der Waals surface area contributed by atoms with Crippen LogP contribution in [0.1, 0.15) is 138 Å². The van der Waals surface area contributed by atoms with Gasteiger partial charge in [0.1, 0.15) is 0 Å². The van der Waals surface area contributed by atoms with Crippen LogP contribution in [0.4, 0.5) is 11.4 Å². The predicted octanol–water partition coefficient (Wildman–Crippen LogP) is 10.3. The monoisotopic (exact) mass is 579 g/mol. The molecule has 1 aromatic carbocycles. The van der Waals surface area contributed by atoms with E-state index in [0.29, 0.717) is 16.9 Å². The van der Waals surface area contributed by atoms with E-state index < -0.39 is 0 Å². The Morgan fingerprint density at radius 3 is 2.19 bits per heavy atom. The second kappa shape index (κ2) is 12.6. The number of hydrogen-bond donors (Lipinski definition) is 2. The van der Waals surface area contributed by atoms with Gasteiger partial charge in [0.05, 0.1) is 6.10 Å². The van der Waals surface area contributed by atoms with Crippen LogP contribution in [0.5, 0.6) is 0 Å². The Morgan fingerprint density at radius 1 is 0.786 bits per heavy atom. The summed E-state index contributed by atoms with van der Waals surface area (Å²) >= 11 is 0. The van der Waals surface area contributed by atoms with Crippen LogP contribution in [0.25, 0.3) is 0 Å². The quantitative estimate of drug-likeness (QED) is 0.203. The second-order valence-corrected chi connectivity index (χ2v) is 17.1. The number of hydrogen-bond acceptors (Lipinski definition) is 3. The van der Waals surface area contributed by atoms with E-state index in [4.69, 9.17) is 16.2 Å². The highest BCUT2D eigenvalue weighted by molar-refractivity contribution is 5.61. The Kier molecular flexibility index (Phi) is 9.69. The smallest absolute Gasteiger partial charge is 0.0629 e. The Labute approximate surface area is 259 Å². The van der Waals surface area contributed by atoms with Gasteiger partial charge in [-0.2, -0.15) is 0 Å². The van der Waals surface area contributed by atoms with Crippen LogP contribution < -0.4 is 11.5 Å². The van der Waals surface area contributed by atoms with Gasteiger partial charge in [0.15, 0.2) is 0 Å². The molecule has 0 heterocycles. The standard InChI is InChI=1S/C39H66N2O/c1-26(2)12-10-13-27(3)30-18-19-31-28-17-20-35-37(4,5)36(22-24-39(35,7)32(28)21-23-38(30,31)6)42-25-9-8-14-29-33(40)15-11-16-34(29)41/h11,15-16,26-28,30-32,35-36H,8-10,12-14,17-25,40-41H2,1-7H3/t27-,28+,30-,31+,32+,35?,36?,38-,39-/m1/s1. The lowest BCUT2D eigenvalue weighted by molar-refractivity contribution is -0.191. The van der Waals surface area contributed by atoms with Gasteiger partial charge in [0, 0.05) is 18.0 Å². The van der Waals surface area contributed by atoms with Crippen molar-refractivity contribution in [1.29, 1.82) is 0 Å². The molecule has 4 fully saturated rings. The Morgan fingerprint density at radius 2 is 1.48 bits per heavy atom. The van der Waals surface area contributed by atoms with Crippen molar-refractivity contribution in [2.45, 2.75) is 144 Å². The molecule has 238 valence electrons. The van der Waals surface area contributed by atoms with Crippen molar-refractivity contribution in [1.82, 2.24) is 0 Å². The highest BCUT2D eigenvalue weighted by Gasteiger charge is 2.63. The van der Waals surface area contributed by atoms with Crippen molar-refractivity contribution >= 4 is 11.4 Å². The molecule has 0 amide bonds. The third kappa shape index (κ3) is 5.91. The minimum Gasteiger partial charge on any atom is -0.398 e. The van der Waals surface area contributed by atoms with Gasteiger partial charge in [0.25, 0.3) is 0 Å². The first-order valence-corrected chi connectivity index (χ1v) is 18.1. The van der Waals surface area contributed by atoms with E-state index in [1.165, 1.54) is 70.6 Å². The highest BCUT2D eigenvalue weighted by Crippen LogP contribution is 2.70. The largest absolute Gasteiger partial charge is 0.398 e. The number of nitrogens with two attached hydrogens (primary N) is 2. The fraction of sp³-hybridized carbons (Fsp3) is 0.846. The molecule has 2 unspecified atom stereocenters. The van der Waals surface area contributed by atoms with E-state index in [0.717, 1.165) is 84.2 Å². The normalized spacial score (nSPS) is 38.1. The van der Waals surface area contributed by atoms with Crippen LogP contribution in [0.2, 0.25) is 0 Å². The van der Waals surface area contributed by atoms with Gasteiger partial charge in [-0.25, -0.2) is 0 Å². The van der Waals surface area contributed by atoms with E-state index in [1.54, 1.807) is 0 Å². The van der Waals surface area contributed by atoms with E-state index in [9.17, 15) is 0 Å². The van der Waals surface area contributed by atoms with Crippen molar-refractivity contribution in [2.24, 2.45) is 57.7 Å². The number of nitrogen functional groups attached to an aromatic ring is 2. The number of ether oxygens (including phenoxy) is 1. The molecule has 3 nitrogen and oxygen atoms in total. The van der Waals surface area contributed by atoms with Gasteiger partial charge in [-0.15, -0.1) is 0 Å². The zero-order valence-electron chi connectivity index (χ0n) is 28.5. The van der Waals surface area contributed by atoms with Gasteiger partial charge in [-0.05, 0) is 146 Å². The highest BCUT2D eigenvalue weighted by atomic mass is 16.5. The average molecular weight is 579 g/mol. The molecule has 9 atom stereocenters. The van der Waals surface area contributed by atoms with Crippen LogP contribution in [0.3, 0.4) is 0 Å². The SMILES string of the molecule is CC(C)CCC[C@@H](C)[C@H]1CC[C@H]2[C@@H]3CCC4C(C)(C)C(OCCCCc5c(N)cccc5N)CC[C@]4(C)[C@H]3CC[C@]12C. The van der Waals surface area contributed by atoms with Crippen LogP contribution in [0, 0.1) is 57.7 Å². The maximum atomic E-state index is 6.74. The first kappa shape index (κ1) is 32.2. The first-order valence-electron chi connectivity index (χ1n) is 18.1. The van der Waals surface area contributed by atoms with Crippen molar-refractivity contribution in [3.63, 3.8) is 0 Å². The zero-order chi connectivity index (χ0) is 30.3. The molecule has 4 aliphatic carbocycles. The summed E-state index contributed by atoms with van der Waals surface area (Å²) in [6.07, 6.45) is 19.2. The molecule has 5 rings (SSSR count). The number of benzene rings is 1. The molecule has 0 saturated heterocycles. The molecular formula is C39H66N2O. The van der Waals surface area contributed by atoms with Crippen LogP contribution >= 0.6 is 0 Å². The van der Waals surface area contributed by atoms with Crippen LogP contribution in [-0.4, -0.2) is 12.7 Å².